The predicted molar refractivity (Wildman–Crippen MR) is 59.9 cm³/mol. The molecule has 0 bridgehead atoms. The van der Waals surface area contributed by atoms with Crippen molar-refractivity contribution >= 4 is 27.7 Å². The Hall–Kier alpha value is -1.42. The molecule has 1 aliphatic rings. The van der Waals surface area contributed by atoms with E-state index in [0.717, 1.165) is 0 Å². The van der Waals surface area contributed by atoms with Crippen LogP contribution in [0.1, 0.15) is 20.7 Å². The number of carbonyl (C=O) groups is 2. The number of amides is 2. The number of rotatable bonds is 2. The van der Waals surface area contributed by atoms with Crippen molar-refractivity contribution in [1.82, 2.24) is 4.90 Å². The van der Waals surface area contributed by atoms with Gasteiger partial charge in [-0.1, -0.05) is 34.1 Å². The molecule has 1 heterocycles. The molecule has 1 aliphatic heterocycles. The fourth-order valence-electron chi connectivity index (χ4n) is 1.55. The first kappa shape index (κ1) is 10.1. The second-order valence-corrected chi connectivity index (χ2v) is 3.66. The third-order valence-corrected chi connectivity index (χ3v) is 2.63. The van der Waals surface area contributed by atoms with Crippen molar-refractivity contribution in [1.29, 1.82) is 0 Å². The second-order valence-electron chi connectivity index (χ2n) is 3.13. The number of hydrogen-bond acceptors (Lipinski definition) is 2. The van der Waals surface area contributed by atoms with E-state index < -0.39 is 0 Å². The van der Waals surface area contributed by atoms with Crippen molar-refractivity contribution in [3.05, 3.63) is 46.5 Å². The second kappa shape index (κ2) is 3.98. The van der Waals surface area contributed by atoms with Crippen LogP contribution < -0.4 is 0 Å². The molecule has 1 aromatic rings. The fourth-order valence-corrected chi connectivity index (χ4v) is 1.72. The minimum absolute atomic E-state index is 0.221. The Morgan fingerprint density at radius 2 is 1.67 bits per heavy atom. The lowest BCUT2D eigenvalue weighted by molar-refractivity contribution is 0.0672. The topological polar surface area (TPSA) is 37.4 Å². The standard InChI is InChI=1S/C11H8BrNO2/c12-6-3-7-13-10(14)8-4-1-2-5-9(8)11(13)15/h1-6H,7H2. The molecule has 4 heteroatoms. The van der Waals surface area contributed by atoms with Crippen LogP contribution >= 0.6 is 15.9 Å². The van der Waals surface area contributed by atoms with Gasteiger partial charge >= 0.3 is 0 Å². The van der Waals surface area contributed by atoms with Gasteiger partial charge in [0.2, 0.25) is 0 Å². The highest BCUT2D eigenvalue weighted by Crippen LogP contribution is 2.21. The van der Waals surface area contributed by atoms with E-state index >= 15 is 0 Å². The summed E-state index contributed by atoms with van der Waals surface area (Å²) in [6.45, 7) is 0.303. The fraction of sp³-hybridized carbons (Fsp3) is 0.0909. The summed E-state index contributed by atoms with van der Waals surface area (Å²) in [7, 11) is 0. The van der Waals surface area contributed by atoms with Gasteiger partial charge in [0.25, 0.3) is 11.8 Å². The SMILES string of the molecule is O=C1c2ccccc2C(=O)N1CC=CBr. The van der Waals surface area contributed by atoms with E-state index in [1.54, 1.807) is 35.3 Å². The summed E-state index contributed by atoms with van der Waals surface area (Å²) in [5, 5.41) is 0. The lowest BCUT2D eigenvalue weighted by atomic mass is 10.1. The molecule has 15 heavy (non-hydrogen) atoms. The number of fused-ring (bicyclic) bond motifs is 1. The molecule has 3 nitrogen and oxygen atoms in total. The molecule has 0 fully saturated rings. The summed E-state index contributed by atoms with van der Waals surface area (Å²) in [4.78, 5) is 26.4. The van der Waals surface area contributed by atoms with E-state index in [0.29, 0.717) is 17.7 Å². The number of imide groups is 1. The van der Waals surface area contributed by atoms with Crippen LogP contribution in [-0.4, -0.2) is 23.3 Å². The van der Waals surface area contributed by atoms with Crippen LogP contribution in [0.3, 0.4) is 0 Å². The highest BCUT2D eigenvalue weighted by Gasteiger charge is 2.33. The molecule has 0 unspecified atom stereocenters. The van der Waals surface area contributed by atoms with Gasteiger partial charge in [-0.05, 0) is 17.1 Å². The van der Waals surface area contributed by atoms with Crippen molar-refractivity contribution in [2.45, 2.75) is 0 Å². The van der Waals surface area contributed by atoms with Crippen LogP contribution in [0.4, 0.5) is 0 Å². The van der Waals surface area contributed by atoms with Gasteiger partial charge in [-0.3, -0.25) is 14.5 Å². The Morgan fingerprint density at radius 3 is 2.13 bits per heavy atom. The van der Waals surface area contributed by atoms with E-state index in [9.17, 15) is 9.59 Å². The zero-order valence-electron chi connectivity index (χ0n) is 7.81. The van der Waals surface area contributed by atoms with Gasteiger partial charge < -0.3 is 0 Å². The predicted octanol–water partition coefficient (Wildman–Crippen LogP) is 2.19. The maximum Gasteiger partial charge on any atom is 0.261 e. The minimum Gasteiger partial charge on any atom is -0.270 e. The van der Waals surface area contributed by atoms with Gasteiger partial charge in [0.15, 0.2) is 0 Å². The zero-order valence-corrected chi connectivity index (χ0v) is 9.40. The Labute approximate surface area is 95.5 Å². The zero-order chi connectivity index (χ0) is 10.8. The van der Waals surface area contributed by atoms with E-state index in [4.69, 9.17) is 0 Å². The van der Waals surface area contributed by atoms with Crippen LogP contribution in [-0.2, 0) is 0 Å². The van der Waals surface area contributed by atoms with Crippen molar-refractivity contribution in [2.75, 3.05) is 6.54 Å². The number of nitrogens with zero attached hydrogens (tertiary/aromatic N) is 1. The van der Waals surface area contributed by atoms with E-state index in [2.05, 4.69) is 15.9 Å². The van der Waals surface area contributed by atoms with Crippen molar-refractivity contribution < 1.29 is 9.59 Å². The van der Waals surface area contributed by atoms with Crippen molar-refractivity contribution in [3.63, 3.8) is 0 Å². The minimum atomic E-state index is -0.221. The van der Waals surface area contributed by atoms with E-state index in [-0.39, 0.29) is 11.8 Å². The maximum atomic E-state index is 11.8. The molecule has 0 aliphatic carbocycles. The first-order valence-electron chi connectivity index (χ1n) is 4.46. The number of halogens is 1. The lowest BCUT2D eigenvalue weighted by Crippen LogP contribution is -2.29. The summed E-state index contributed by atoms with van der Waals surface area (Å²) in [6, 6.07) is 6.86. The van der Waals surface area contributed by atoms with Crippen molar-refractivity contribution in [3.8, 4) is 0 Å². The van der Waals surface area contributed by atoms with Crippen molar-refractivity contribution in [2.24, 2.45) is 0 Å². The largest absolute Gasteiger partial charge is 0.270 e. The third-order valence-electron chi connectivity index (χ3n) is 2.26. The summed E-state index contributed by atoms with van der Waals surface area (Å²) in [5.41, 5.74) is 0.982. The Balaban J connectivity index is 2.37. The molecule has 1 aromatic carbocycles. The Bertz CT molecular complexity index is 419. The number of carbonyl (C=O) groups excluding carboxylic acids is 2. The van der Waals surface area contributed by atoms with Crippen LogP contribution in [0.25, 0.3) is 0 Å². The van der Waals surface area contributed by atoms with Gasteiger partial charge in [0.05, 0.1) is 11.1 Å². The smallest absolute Gasteiger partial charge is 0.261 e. The van der Waals surface area contributed by atoms with Crippen LogP contribution in [0.2, 0.25) is 0 Å². The quantitative estimate of drug-likeness (QED) is 0.769. The van der Waals surface area contributed by atoms with Crippen LogP contribution in [0, 0.1) is 0 Å². The Kier molecular flexibility index (Phi) is 2.68. The van der Waals surface area contributed by atoms with Gasteiger partial charge in [0, 0.05) is 6.54 Å². The van der Waals surface area contributed by atoms with E-state index in [1.807, 2.05) is 0 Å². The summed E-state index contributed by atoms with van der Waals surface area (Å²) in [6.07, 6.45) is 1.71. The normalized spacial score (nSPS) is 15.1. The van der Waals surface area contributed by atoms with Gasteiger partial charge in [0.1, 0.15) is 0 Å². The molecular weight excluding hydrogens is 258 g/mol. The summed E-state index contributed by atoms with van der Waals surface area (Å²) in [5.74, 6) is -0.442. The molecule has 0 saturated heterocycles. The number of benzene rings is 1. The lowest BCUT2D eigenvalue weighted by Gasteiger charge is -2.09. The molecule has 0 atom stereocenters. The molecule has 0 spiro atoms. The third kappa shape index (κ3) is 1.61. The highest BCUT2D eigenvalue weighted by atomic mass is 79.9. The maximum absolute atomic E-state index is 11.8. The highest BCUT2D eigenvalue weighted by molar-refractivity contribution is 9.11. The molecule has 0 radical (unpaired) electrons. The molecule has 2 rings (SSSR count). The van der Waals surface area contributed by atoms with Crippen LogP contribution in [0.5, 0.6) is 0 Å². The molecule has 0 saturated carbocycles. The van der Waals surface area contributed by atoms with Crippen LogP contribution in [0.15, 0.2) is 35.3 Å². The molecule has 76 valence electrons. The molecule has 0 aromatic heterocycles. The molecular formula is C11H8BrNO2. The summed E-state index contributed by atoms with van der Waals surface area (Å²) < 4.78 is 0. The number of hydrogen-bond donors (Lipinski definition) is 0. The first-order chi connectivity index (χ1) is 7.25. The van der Waals surface area contributed by atoms with Gasteiger partial charge in [-0.2, -0.15) is 0 Å². The van der Waals surface area contributed by atoms with Gasteiger partial charge in [-0.15, -0.1) is 0 Å². The summed E-state index contributed by atoms with van der Waals surface area (Å²) >= 11 is 3.10. The van der Waals surface area contributed by atoms with E-state index in [1.165, 1.54) is 4.90 Å². The van der Waals surface area contributed by atoms with Gasteiger partial charge in [-0.25, -0.2) is 0 Å². The monoisotopic (exact) mass is 265 g/mol. The average Bonchev–Trinajstić information content (AvgIpc) is 2.51. The molecule has 0 N–H and O–H groups in total. The average molecular weight is 266 g/mol. The molecule has 2 amide bonds. The first-order valence-corrected chi connectivity index (χ1v) is 5.37. The Morgan fingerprint density at radius 1 is 1.13 bits per heavy atom.